The first kappa shape index (κ1) is 12.8. The maximum absolute atomic E-state index is 12.9. The van der Waals surface area contributed by atoms with Crippen LogP contribution in [0.4, 0.5) is 4.39 Å². The molecule has 0 N–H and O–H groups in total. The molecule has 1 atom stereocenters. The summed E-state index contributed by atoms with van der Waals surface area (Å²) >= 11 is 3.10. The van der Waals surface area contributed by atoms with E-state index in [0.29, 0.717) is 10.2 Å². The van der Waals surface area contributed by atoms with Gasteiger partial charge in [-0.1, -0.05) is 0 Å². The fourth-order valence-corrected chi connectivity index (χ4v) is 2.39. The molecule has 1 aromatic heterocycles. The lowest BCUT2D eigenvalue weighted by molar-refractivity contribution is 0.161. The molecule has 0 bridgehead atoms. The number of likely N-dealkylation sites (tertiary alicyclic amines) is 1. The number of halogens is 2. The Bertz CT molecular complexity index is 383. The molecule has 1 aliphatic heterocycles. The molecule has 2 heterocycles. The van der Waals surface area contributed by atoms with E-state index in [4.69, 9.17) is 4.74 Å². The number of ether oxygens (including phenoxy) is 1. The molecule has 0 saturated carbocycles. The zero-order valence-electron chi connectivity index (χ0n) is 9.83. The molecule has 94 valence electrons. The normalized spacial score (nSPS) is 18.3. The minimum atomic E-state index is -0.510. The van der Waals surface area contributed by atoms with Crippen LogP contribution in [0.3, 0.4) is 0 Å². The first-order chi connectivity index (χ1) is 8.15. The molecule has 5 heteroatoms. The summed E-state index contributed by atoms with van der Waals surface area (Å²) in [6.07, 6.45) is 4.06. The number of aromatic nitrogens is 1. The number of hydrogen-bond acceptors (Lipinski definition) is 3. The van der Waals surface area contributed by atoms with Crippen LogP contribution < -0.4 is 4.74 Å². The van der Waals surface area contributed by atoms with Crippen molar-refractivity contribution in [1.82, 2.24) is 9.88 Å². The van der Waals surface area contributed by atoms with Crippen LogP contribution in [0.5, 0.6) is 5.75 Å². The third kappa shape index (κ3) is 3.64. The van der Waals surface area contributed by atoms with Crippen LogP contribution >= 0.6 is 15.9 Å². The highest BCUT2D eigenvalue weighted by atomic mass is 79.9. The van der Waals surface area contributed by atoms with Gasteiger partial charge in [-0.05, 0) is 48.8 Å². The van der Waals surface area contributed by atoms with E-state index < -0.39 is 5.95 Å². The summed E-state index contributed by atoms with van der Waals surface area (Å²) in [5.74, 6) is 0.0921. The Morgan fingerprint density at radius 3 is 2.88 bits per heavy atom. The van der Waals surface area contributed by atoms with Gasteiger partial charge >= 0.3 is 0 Å². The van der Waals surface area contributed by atoms with Crippen molar-refractivity contribution >= 4 is 15.9 Å². The Balaban J connectivity index is 1.88. The van der Waals surface area contributed by atoms with Gasteiger partial charge in [0.1, 0.15) is 11.9 Å². The molecule has 0 amide bonds. The van der Waals surface area contributed by atoms with E-state index in [2.05, 4.69) is 25.8 Å². The van der Waals surface area contributed by atoms with Gasteiger partial charge < -0.3 is 4.74 Å². The van der Waals surface area contributed by atoms with Crippen molar-refractivity contribution in [2.75, 3.05) is 19.6 Å². The van der Waals surface area contributed by atoms with Crippen molar-refractivity contribution in [1.29, 1.82) is 0 Å². The molecule has 0 unspecified atom stereocenters. The van der Waals surface area contributed by atoms with Gasteiger partial charge in [0.15, 0.2) is 0 Å². The topological polar surface area (TPSA) is 25.4 Å². The predicted molar refractivity (Wildman–Crippen MR) is 67.7 cm³/mol. The van der Waals surface area contributed by atoms with Crippen LogP contribution in [0, 0.1) is 5.95 Å². The minimum Gasteiger partial charge on any atom is -0.488 e. The average Bonchev–Trinajstić information content (AvgIpc) is 2.76. The molecule has 0 radical (unpaired) electrons. The fraction of sp³-hybridized carbons (Fsp3) is 0.583. The lowest BCUT2D eigenvalue weighted by Gasteiger charge is -2.21. The second-order valence-electron chi connectivity index (χ2n) is 4.38. The van der Waals surface area contributed by atoms with Crippen LogP contribution in [0.2, 0.25) is 0 Å². The van der Waals surface area contributed by atoms with Crippen LogP contribution in [0.25, 0.3) is 0 Å². The van der Waals surface area contributed by atoms with Gasteiger partial charge in [-0.2, -0.15) is 4.39 Å². The van der Waals surface area contributed by atoms with E-state index in [-0.39, 0.29) is 6.10 Å². The highest BCUT2D eigenvalue weighted by Crippen LogP contribution is 2.20. The summed E-state index contributed by atoms with van der Waals surface area (Å²) in [5.41, 5.74) is 0. The van der Waals surface area contributed by atoms with E-state index in [0.717, 1.165) is 19.6 Å². The maximum atomic E-state index is 12.9. The molecule has 1 saturated heterocycles. The van der Waals surface area contributed by atoms with Gasteiger partial charge in [-0.15, -0.1) is 0 Å². The molecule has 1 aromatic rings. The molecule has 1 fully saturated rings. The number of hydrogen-bond donors (Lipinski definition) is 0. The fourth-order valence-electron chi connectivity index (χ4n) is 2.07. The highest BCUT2D eigenvalue weighted by Gasteiger charge is 2.15. The SMILES string of the molecule is C[C@H](CN1CCCC1)Oc1cnc(F)c(Br)c1. The summed E-state index contributed by atoms with van der Waals surface area (Å²) < 4.78 is 19.0. The lowest BCUT2D eigenvalue weighted by Crippen LogP contribution is -2.31. The number of nitrogens with zero attached hydrogens (tertiary/aromatic N) is 2. The first-order valence-corrected chi connectivity index (χ1v) is 6.64. The summed E-state index contributed by atoms with van der Waals surface area (Å²) in [6.45, 7) is 5.24. The van der Waals surface area contributed by atoms with Gasteiger partial charge in [0, 0.05) is 12.6 Å². The van der Waals surface area contributed by atoms with E-state index >= 15 is 0 Å². The highest BCUT2D eigenvalue weighted by molar-refractivity contribution is 9.10. The van der Waals surface area contributed by atoms with Crippen LogP contribution in [0.1, 0.15) is 19.8 Å². The Labute approximate surface area is 109 Å². The smallest absolute Gasteiger partial charge is 0.227 e. The Morgan fingerprint density at radius 2 is 2.24 bits per heavy atom. The third-order valence-corrected chi connectivity index (χ3v) is 3.38. The second-order valence-corrected chi connectivity index (χ2v) is 5.23. The first-order valence-electron chi connectivity index (χ1n) is 5.85. The number of pyridine rings is 1. The van der Waals surface area contributed by atoms with E-state index in [1.54, 1.807) is 6.07 Å². The Hall–Kier alpha value is -0.680. The molecule has 2 rings (SSSR count). The predicted octanol–water partition coefficient (Wildman–Crippen LogP) is 2.85. The monoisotopic (exact) mass is 302 g/mol. The van der Waals surface area contributed by atoms with Crippen molar-refractivity contribution in [3.63, 3.8) is 0 Å². The van der Waals surface area contributed by atoms with Crippen molar-refractivity contribution in [2.24, 2.45) is 0 Å². The Kier molecular flexibility index (Phi) is 4.34. The molecule has 0 aromatic carbocycles. The Morgan fingerprint density at radius 1 is 1.53 bits per heavy atom. The van der Waals surface area contributed by atoms with Gasteiger partial charge in [-0.3, -0.25) is 4.90 Å². The van der Waals surface area contributed by atoms with Crippen molar-refractivity contribution in [3.8, 4) is 5.75 Å². The minimum absolute atomic E-state index is 0.0901. The summed E-state index contributed by atoms with van der Waals surface area (Å²) in [5, 5.41) is 0. The zero-order valence-corrected chi connectivity index (χ0v) is 11.4. The summed E-state index contributed by atoms with van der Waals surface area (Å²) in [7, 11) is 0. The van der Waals surface area contributed by atoms with Crippen LogP contribution in [0.15, 0.2) is 16.7 Å². The molecular weight excluding hydrogens is 287 g/mol. The van der Waals surface area contributed by atoms with Crippen LogP contribution in [-0.2, 0) is 0 Å². The molecular formula is C12H16BrFN2O. The van der Waals surface area contributed by atoms with Gasteiger partial charge in [0.25, 0.3) is 0 Å². The van der Waals surface area contributed by atoms with Gasteiger partial charge in [0.2, 0.25) is 5.95 Å². The zero-order chi connectivity index (χ0) is 12.3. The third-order valence-electron chi connectivity index (χ3n) is 2.82. The largest absolute Gasteiger partial charge is 0.488 e. The second kappa shape index (κ2) is 5.78. The van der Waals surface area contributed by atoms with Gasteiger partial charge in [0.05, 0.1) is 10.7 Å². The number of rotatable bonds is 4. The molecule has 17 heavy (non-hydrogen) atoms. The van der Waals surface area contributed by atoms with Crippen molar-refractivity contribution in [2.45, 2.75) is 25.9 Å². The summed E-state index contributed by atoms with van der Waals surface area (Å²) in [4.78, 5) is 6.00. The quantitative estimate of drug-likeness (QED) is 0.800. The average molecular weight is 303 g/mol. The molecule has 0 spiro atoms. The van der Waals surface area contributed by atoms with Crippen LogP contribution in [-0.4, -0.2) is 35.6 Å². The molecule has 3 nitrogen and oxygen atoms in total. The maximum Gasteiger partial charge on any atom is 0.227 e. The van der Waals surface area contributed by atoms with Gasteiger partial charge in [-0.25, -0.2) is 4.98 Å². The van der Waals surface area contributed by atoms with Crippen molar-refractivity contribution < 1.29 is 9.13 Å². The van der Waals surface area contributed by atoms with E-state index in [1.165, 1.54) is 19.0 Å². The van der Waals surface area contributed by atoms with E-state index in [1.807, 2.05) is 6.92 Å². The lowest BCUT2D eigenvalue weighted by atomic mass is 10.3. The van der Waals surface area contributed by atoms with Crippen molar-refractivity contribution in [3.05, 3.63) is 22.7 Å². The molecule has 1 aliphatic rings. The van der Waals surface area contributed by atoms with E-state index in [9.17, 15) is 4.39 Å². The summed E-state index contributed by atoms with van der Waals surface area (Å²) in [6, 6.07) is 1.61. The standard InChI is InChI=1S/C12H16BrFN2O/c1-9(8-16-4-2-3-5-16)17-10-6-11(13)12(14)15-7-10/h6-7,9H,2-5,8H2,1H3/t9-/m1/s1. The molecule has 0 aliphatic carbocycles.